The summed E-state index contributed by atoms with van der Waals surface area (Å²) in [6.07, 6.45) is 1.60. The third-order valence-electron chi connectivity index (χ3n) is 2.43. The van der Waals surface area contributed by atoms with Gasteiger partial charge in [0.15, 0.2) is 0 Å². The lowest BCUT2D eigenvalue weighted by Gasteiger charge is -2.12. The molecular weight excluding hydrogens is 289 g/mol. The van der Waals surface area contributed by atoms with Gasteiger partial charge in [0.05, 0.1) is 16.6 Å². The number of rotatable bonds is 4. The maximum absolute atomic E-state index is 13.0. The largest absolute Gasteiger partial charge is 0.396 e. The van der Waals surface area contributed by atoms with E-state index in [0.717, 1.165) is 12.1 Å². The van der Waals surface area contributed by atoms with Crippen molar-refractivity contribution in [2.24, 2.45) is 0 Å². The van der Waals surface area contributed by atoms with Gasteiger partial charge in [0.25, 0.3) is 0 Å². The van der Waals surface area contributed by atoms with Crippen molar-refractivity contribution in [3.8, 4) is 0 Å². The summed E-state index contributed by atoms with van der Waals surface area (Å²) in [5, 5.41) is 2.41. The number of sulfonamides is 1. The minimum absolute atomic E-state index is 0.0743. The second kappa shape index (κ2) is 5.24. The van der Waals surface area contributed by atoms with Crippen LogP contribution in [0.3, 0.4) is 0 Å². The predicted octanol–water partition coefficient (Wildman–Crippen LogP) is 1.90. The van der Waals surface area contributed by atoms with Gasteiger partial charge in [0.1, 0.15) is 10.8 Å². The molecule has 0 radical (unpaired) electrons. The van der Waals surface area contributed by atoms with Gasteiger partial charge in [0, 0.05) is 11.6 Å². The molecule has 3 N–H and O–H groups in total. The van der Waals surface area contributed by atoms with Crippen LogP contribution in [0.4, 0.5) is 10.1 Å². The normalized spacial score (nSPS) is 13.4. The zero-order valence-electron chi connectivity index (χ0n) is 10.00. The van der Waals surface area contributed by atoms with Gasteiger partial charge in [-0.05, 0) is 25.1 Å². The number of thiazole rings is 1. The monoisotopic (exact) mass is 301 g/mol. The molecule has 0 spiro atoms. The Bertz CT molecular complexity index is 671. The second-order valence-electron chi connectivity index (χ2n) is 3.90. The lowest BCUT2D eigenvalue weighted by molar-refractivity contribution is 0.566. The van der Waals surface area contributed by atoms with Crippen LogP contribution in [0.15, 0.2) is 34.7 Å². The fourth-order valence-electron chi connectivity index (χ4n) is 1.49. The molecule has 1 aromatic carbocycles. The van der Waals surface area contributed by atoms with Crippen molar-refractivity contribution in [1.82, 2.24) is 9.71 Å². The Hall–Kier alpha value is -1.51. The Labute approximate surface area is 114 Å². The van der Waals surface area contributed by atoms with Crippen LogP contribution in [0.25, 0.3) is 0 Å². The lowest BCUT2D eigenvalue weighted by Crippen LogP contribution is -2.27. The maximum Gasteiger partial charge on any atom is 0.241 e. The molecule has 8 heteroatoms. The average molecular weight is 301 g/mol. The number of aromatic nitrogens is 1. The Morgan fingerprint density at radius 1 is 1.47 bits per heavy atom. The SMILES string of the molecule is CC(NS(=O)(=O)c1ccc(F)c(N)c1)c1nccs1. The van der Waals surface area contributed by atoms with Gasteiger partial charge in [-0.1, -0.05) is 0 Å². The standard InChI is InChI=1S/C11H12FN3O2S2/c1-7(11-14-4-5-18-11)15-19(16,17)8-2-3-9(12)10(13)6-8/h2-7,15H,13H2,1H3. The number of benzene rings is 1. The molecule has 0 saturated heterocycles. The van der Waals surface area contributed by atoms with Crippen molar-refractivity contribution >= 4 is 27.0 Å². The fraction of sp³-hybridized carbons (Fsp3) is 0.182. The highest BCUT2D eigenvalue weighted by Crippen LogP contribution is 2.20. The molecule has 2 aromatic rings. The molecule has 1 unspecified atom stereocenters. The first-order valence-corrected chi connectivity index (χ1v) is 7.73. The molecule has 0 amide bonds. The summed E-state index contributed by atoms with van der Waals surface area (Å²) in [5.74, 6) is -0.646. The zero-order valence-corrected chi connectivity index (χ0v) is 11.6. The first-order valence-electron chi connectivity index (χ1n) is 5.37. The topological polar surface area (TPSA) is 85.1 Å². The van der Waals surface area contributed by atoms with Crippen LogP contribution in [0.2, 0.25) is 0 Å². The number of nitrogen functional groups attached to an aromatic ring is 1. The number of halogens is 1. The highest BCUT2D eigenvalue weighted by Gasteiger charge is 2.20. The molecule has 1 aromatic heterocycles. The van der Waals surface area contributed by atoms with Crippen molar-refractivity contribution in [3.63, 3.8) is 0 Å². The van der Waals surface area contributed by atoms with Crippen LogP contribution >= 0.6 is 11.3 Å². The quantitative estimate of drug-likeness (QED) is 0.845. The highest BCUT2D eigenvalue weighted by molar-refractivity contribution is 7.89. The van der Waals surface area contributed by atoms with Crippen molar-refractivity contribution in [1.29, 1.82) is 0 Å². The molecule has 102 valence electrons. The lowest BCUT2D eigenvalue weighted by atomic mass is 10.3. The summed E-state index contributed by atoms with van der Waals surface area (Å²) < 4.78 is 39.7. The van der Waals surface area contributed by atoms with Crippen LogP contribution in [0, 0.1) is 5.82 Å². The van der Waals surface area contributed by atoms with Gasteiger partial charge in [0.2, 0.25) is 10.0 Å². The third-order valence-corrected chi connectivity index (χ3v) is 4.93. The summed E-state index contributed by atoms with van der Waals surface area (Å²) in [6.45, 7) is 1.68. The molecule has 2 rings (SSSR count). The van der Waals surface area contributed by atoms with E-state index >= 15 is 0 Å². The predicted molar refractivity (Wildman–Crippen MR) is 71.7 cm³/mol. The van der Waals surface area contributed by atoms with E-state index in [1.165, 1.54) is 17.4 Å². The first kappa shape index (κ1) is 13.9. The van der Waals surface area contributed by atoms with E-state index in [-0.39, 0.29) is 10.6 Å². The van der Waals surface area contributed by atoms with Crippen LogP contribution < -0.4 is 10.5 Å². The molecule has 0 bridgehead atoms. The highest BCUT2D eigenvalue weighted by atomic mass is 32.2. The maximum atomic E-state index is 13.0. The fourth-order valence-corrected chi connectivity index (χ4v) is 3.45. The number of anilines is 1. The van der Waals surface area contributed by atoms with E-state index in [2.05, 4.69) is 9.71 Å². The molecule has 0 aliphatic heterocycles. The van der Waals surface area contributed by atoms with Crippen LogP contribution in [0.1, 0.15) is 18.0 Å². The van der Waals surface area contributed by atoms with Gasteiger partial charge < -0.3 is 5.73 Å². The van der Waals surface area contributed by atoms with Gasteiger partial charge in [-0.15, -0.1) is 11.3 Å². The minimum Gasteiger partial charge on any atom is -0.396 e. The molecule has 0 saturated carbocycles. The van der Waals surface area contributed by atoms with E-state index in [0.29, 0.717) is 5.01 Å². The number of hydrogen-bond donors (Lipinski definition) is 2. The Balaban J connectivity index is 2.25. The van der Waals surface area contributed by atoms with Gasteiger partial charge in [-0.25, -0.2) is 22.5 Å². The molecular formula is C11H12FN3O2S2. The van der Waals surface area contributed by atoms with Gasteiger partial charge in [-0.2, -0.15) is 0 Å². The first-order chi connectivity index (χ1) is 8.90. The summed E-state index contributed by atoms with van der Waals surface area (Å²) in [7, 11) is -3.75. The number of hydrogen-bond acceptors (Lipinski definition) is 5. The van der Waals surface area contributed by atoms with Crippen LogP contribution in [-0.2, 0) is 10.0 Å². The zero-order chi connectivity index (χ0) is 14.0. The van der Waals surface area contributed by atoms with Crippen molar-refractivity contribution in [2.45, 2.75) is 17.9 Å². The Kier molecular flexibility index (Phi) is 3.83. The second-order valence-corrected chi connectivity index (χ2v) is 6.54. The third kappa shape index (κ3) is 3.09. The number of nitrogens with one attached hydrogen (secondary N) is 1. The minimum atomic E-state index is -3.75. The molecule has 0 aliphatic carbocycles. The summed E-state index contributed by atoms with van der Waals surface area (Å²) in [6, 6.07) is 2.82. The van der Waals surface area contributed by atoms with E-state index in [9.17, 15) is 12.8 Å². The van der Waals surface area contributed by atoms with Gasteiger partial charge >= 0.3 is 0 Å². The van der Waals surface area contributed by atoms with E-state index in [1.54, 1.807) is 18.5 Å². The molecule has 5 nitrogen and oxygen atoms in total. The number of nitrogens with zero attached hydrogens (tertiary/aromatic N) is 1. The van der Waals surface area contributed by atoms with Crippen molar-refractivity contribution in [3.05, 3.63) is 40.6 Å². The summed E-state index contributed by atoms with van der Waals surface area (Å²) >= 11 is 1.35. The number of nitrogens with two attached hydrogens (primary N) is 1. The Morgan fingerprint density at radius 3 is 2.79 bits per heavy atom. The van der Waals surface area contributed by atoms with Crippen molar-refractivity contribution < 1.29 is 12.8 Å². The van der Waals surface area contributed by atoms with Crippen LogP contribution in [0.5, 0.6) is 0 Å². The molecule has 19 heavy (non-hydrogen) atoms. The summed E-state index contributed by atoms with van der Waals surface area (Å²) in [5.41, 5.74) is 5.16. The molecule has 0 fully saturated rings. The molecule has 0 aliphatic rings. The Morgan fingerprint density at radius 2 is 2.21 bits per heavy atom. The van der Waals surface area contributed by atoms with E-state index in [4.69, 9.17) is 5.73 Å². The van der Waals surface area contributed by atoms with Crippen molar-refractivity contribution in [2.75, 3.05) is 5.73 Å². The smallest absolute Gasteiger partial charge is 0.241 e. The van der Waals surface area contributed by atoms with Crippen LogP contribution in [-0.4, -0.2) is 13.4 Å². The van der Waals surface area contributed by atoms with E-state index in [1.807, 2.05) is 0 Å². The average Bonchev–Trinajstić information content (AvgIpc) is 2.85. The van der Waals surface area contributed by atoms with E-state index < -0.39 is 21.9 Å². The summed E-state index contributed by atoms with van der Waals surface area (Å²) in [4.78, 5) is 3.96. The van der Waals surface area contributed by atoms with Gasteiger partial charge in [-0.3, -0.25) is 0 Å². The molecule has 1 heterocycles. The molecule has 1 atom stereocenters.